The molecule has 12 heavy (non-hydrogen) atoms. The van der Waals surface area contributed by atoms with E-state index in [9.17, 15) is 4.79 Å². The summed E-state index contributed by atoms with van der Waals surface area (Å²) in [5.74, 6) is 0.385. The quantitative estimate of drug-likeness (QED) is 0.587. The fraction of sp³-hybridized carbons (Fsp3) is 0.500. The maximum Gasteiger partial charge on any atom is 0.339 e. The molecule has 0 unspecified atom stereocenters. The van der Waals surface area contributed by atoms with Gasteiger partial charge < -0.3 is 4.42 Å². The van der Waals surface area contributed by atoms with Crippen LogP contribution in [-0.4, -0.2) is 0 Å². The number of rotatable bonds is 0. The second-order valence-corrected chi connectivity index (χ2v) is 3.54. The normalized spacial score (nSPS) is 21.0. The Bertz CT molecular complexity index is 363. The van der Waals surface area contributed by atoms with Crippen molar-refractivity contribution in [3.63, 3.8) is 0 Å². The third kappa shape index (κ3) is 0.909. The molecule has 2 heteroatoms. The van der Waals surface area contributed by atoms with Crippen molar-refractivity contribution in [2.45, 2.75) is 32.6 Å². The predicted molar refractivity (Wildman–Crippen MR) is 46.5 cm³/mol. The van der Waals surface area contributed by atoms with E-state index in [1.165, 1.54) is 5.56 Å². The molecule has 1 aromatic rings. The van der Waals surface area contributed by atoms with Gasteiger partial charge in [-0.25, -0.2) is 4.79 Å². The van der Waals surface area contributed by atoms with Crippen molar-refractivity contribution in [2.24, 2.45) is 0 Å². The van der Waals surface area contributed by atoms with Gasteiger partial charge in [0.1, 0.15) is 0 Å². The third-order valence-corrected chi connectivity index (χ3v) is 2.68. The Balaban J connectivity index is 2.73. The highest BCUT2D eigenvalue weighted by atomic mass is 16.4. The van der Waals surface area contributed by atoms with Crippen LogP contribution in [0.15, 0.2) is 15.5 Å². The molecule has 0 spiro atoms. The molecule has 1 aliphatic rings. The standard InChI is InChI=1S/C10H12O2/c1-6-3-4-8-7(2)5-12-10(11)9(6)8/h5-6H,3-4H2,1-2H3/t6-/m0/s1. The van der Waals surface area contributed by atoms with Crippen molar-refractivity contribution in [3.05, 3.63) is 33.4 Å². The summed E-state index contributed by atoms with van der Waals surface area (Å²) in [6.07, 6.45) is 3.69. The van der Waals surface area contributed by atoms with Gasteiger partial charge in [-0.2, -0.15) is 0 Å². The van der Waals surface area contributed by atoms with Crippen LogP contribution in [0.4, 0.5) is 0 Å². The summed E-state index contributed by atoms with van der Waals surface area (Å²) < 4.78 is 4.92. The predicted octanol–water partition coefficient (Wildman–Crippen LogP) is 2.00. The lowest BCUT2D eigenvalue weighted by Crippen LogP contribution is -2.09. The molecular weight excluding hydrogens is 152 g/mol. The van der Waals surface area contributed by atoms with Gasteiger partial charge >= 0.3 is 5.63 Å². The molecule has 0 fully saturated rings. The first kappa shape index (κ1) is 7.59. The summed E-state index contributed by atoms with van der Waals surface area (Å²) in [6.45, 7) is 4.09. The van der Waals surface area contributed by atoms with Crippen LogP contribution >= 0.6 is 0 Å². The minimum atomic E-state index is -0.138. The van der Waals surface area contributed by atoms with Crippen LogP contribution in [0, 0.1) is 6.92 Å². The van der Waals surface area contributed by atoms with Gasteiger partial charge in [0.15, 0.2) is 0 Å². The molecule has 1 aliphatic carbocycles. The van der Waals surface area contributed by atoms with E-state index in [4.69, 9.17) is 4.42 Å². The molecule has 0 aromatic carbocycles. The molecule has 0 N–H and O–H groups in total. The van der Waals surface area contributed by atoms with Gasteiger partial charge in [-0.1, -0.05) is 6.92 Å². The van der Waals surface area contributed by atoms with Crippen LogP contribution in [-0.2, 0) is 6.42 Å². The van der Waals surface area contributed by atoms with E-state index in [0.717, 1.165) is 24.0 Å². The molecule has 0 amide bonds. The Morgan fingerprint density at radius 2 is 2.33 bits per heavy atom. The van der Waals surface area contributed by atoms with E-state index in [1.54, 1.807) is 6.26 Å². The Morgan fingerprint density at radius 3 is 3.00 bits per heavy atom. The van der Waals surface area contributed by atoms with Gasteiger partial charge in [-0.15, -0.1) is 0 Å². The molecule has 2 nitrogen and oxygen atoms in total. The number of hydrogen-bond donors (Lipinski definition) is 0. The SMILES string of the molecule is Cc1coc(=O)c2c1CC[C@@H]2C. The van der Waals surface area contributed by atoms with E-state index in [2.05, 4.69) is 6.92 Å². The summed E-state index contributed by atoms with van der Waals surface area (Å²) in [4.78, 5) is 11.3. The molecule has 1 atom stereocenters. The highest BCUT2D eigenvalue weighted by Gasteiger charge is 2.24. The Morgan fingerprint density at radius 1 is 1.58 bits per heavy atom. The van der Waals surface area contributed by atoms with Gasteiger partial charge in [0, 0.05) is 5.56 Å². The second-order valence-electron chi connectivity index (χ2n) is 3.54. The summed E-state index contributed by atoms with van der Waals surface area (Å²) in [6, 6.07) is 0. The van der Waals surface area contributed by atoms with Gasteiger partial charge in [0.05, 0.1) is 6.26 Å². The molecule has 0 saturated heterocycles. The zero-order valence-electron chi connectivity index (χ0n) is 7.39. The van der Waals surface area contributed by atoms with Crippen LogP contribution in [0.2, 0.25) is 0 Å². The maximum absolute atomic E-state index is 11.3. The van der Waals surface area contributed by atoms with Gasteiger partial charge in [0.2, 0.25) is 0 Å². The summed E-state index contributed by atoms with van der Waals surface area (Å²) in [7, 11) is 0. The third-order valence-electron chi connectivity index (χ3n) is 2.68. The van der Waals surface area contributed by atoms with E-state index < -0.39 is 0 Å². The number of aryl methyl sites for hydroxylation is 1. The lowest BCUT2D eigenvalue weighted by Gasteiger charge is -2.02. The Labute approximate surface area is 71.2 Å². The number of hydrogen-bond acceptors (Lipinski definition) is 2. The molecule has 0 bridgehead atoms. The van der Waals surface area contributed by atoms with E-state index in [0.29, 0.717) is 5.92 Å². The molecule has 0 aliphatic heterocycles. The van der Waals surface area contributed by atoms with Crippen molar-refractivity contribution >= 4 is 0 Å². The highest BCUT2D eigenvalue weighted by Crippen LogP contribution is 2.31. The van der Waals surface area contributed by atoms with E-state index in [1.807, 2.05) is 6.92 Å². The highest BCUT2D eigenvalue weighted by molar-refractivity contribution is 5.36. The summed E-state index contributed by atoms with van der Waals surface area (Å²) >= 11 is 0. The first-order chi connectivity index (χ1) is 5.70. The lowest BCUT2D eigenvalue weighted by molar-refractivity contribution is 0.493. The summed E-state index contributed by atoms with van der Waals surface area (Å²) in [5, 5.41) is 0. The van der Waals surface area contributed by atoms with Crippen LogP contribution in [0.3, 0.4) is 0 Å². The first-order valence-electron chi connectivity index (χ1n) is 4.31. The monoisotopic (exact) mass is 164 g/mol. The van der Waals surface area contributed by atoms with Crippen molar-refractivity contribution in [3.8, 4) is 0 Å². The fourth-order valence-electron chi connectivity index (χ4n) is 1.95. The Kier molecular flexibility index (Phi) is 1.56. The second kappa shape index (κ2) is 2.47. The zero-order chi connectivity index (χ0) is 8.72. The van der Waals surface area contributed by atoms with Gasteiger partial charge in [-0.3, -0.25) is 0 Å². The molecule has 1 heterocycles. The minimum absolute atomic E-state index is 0.138. The largest absolute Gasteiger partial charge is 0.431 e. The van der Waals surface area contributed by atoms with Crippen LogP contribution < -0.4 is 5.63 Å². The van der Waals surface area contributed by atoms with Crippen molar-refractivity contribution in [1.29, 1.82) is 0 Å². The number of fused-ring (bicyclic) bond motifs is 1. The molecule has 0 radical (unpaired) electrons. The first-order valence-corrected chi connectivity index (χ1v) is 4.31. The maximum atomic E-state index is 11.3. The van der Waals surface area contributed by atoms with Gasteiger partial charge in [0.25, 0.3) is 0 Å². The van der Waals surface area contributed by atoms with Crippen molar-refractivity contribution in [1.82, 2.24) is 0 Å². The van der Waals surface area contributed by atoms with E-state index >= 15 is 0 Å². The van der Waals surface area contributed by atoms with Crippen LogP contribution in [0.25, 0.3) is 0 Å². The average Bonchev–Trinajstić information content (AvgIpc) is 2.42. The lowest BCUT2D eigenvalue weighted by atomic mass is 10.0. The molecule has 2 rings (SSSR count). The van der Waals surface area contributed by atoms with E-state index in [-0.39, 0.29) is 5.63 Å². The van der Waals surface area contributed by atoms with Crippen molar-refractivity contribution in [2.75, 3.05) is 0 Å². The Hall–Kier alpha value is -1.05. The molecule has 64 valence electrons. The van der Waals surface area contributed by atoms with Gasteiger partial charge in [-0.05, 0) is 36.8 Å². The zero-order valence-corrected chi connectivity index (χ0v) is 7.39. The van der Waals surface area contributed by atoms with Crippen LogP contribution in [0.5, 0.6) is 0 Å². The van der Waals surface area contributed by atoms with Crippen molar-refractivity contribution < 1.29 is 4.42 Å². The van der Waals surface area contributed by atoms with Crippen LogP contribution in [0.1, 0.15) is 36.0 Å². The fourth-order valence-corrected chi connectivity index (χ4v) is 1.95. The molecular formula is C10H12O2. The minimum Gasteiger partial charge on any atom is -0.431 e. The topological polar surface area (TPSA) is 30.2 Å². The molecule has 1 aromatic heterocycles. The molecule has 0 saturated carbocycles. The summed E-state index contributed by atoms with van der Waals surface area (Å²) in [5.41, 5.74) is 3.11. The smallest absolute Gasteiger partial charge is 0.339 e. The average molecular weight is 164 g/mol.